The summed E-state index contributed by atoms with van der Waals surface area (Å²) in [6.07, 6.45) is 6.61. The largest absolute Gasteiger partial charge is 0.457 e. The van der Waals surface area contributed by atoms with E-state index in [4.69, 9.17) is 12.2 Å². The van der Waals surface area contributed by atoms with Gasteiger partial charge in [-0.25, -0.2) is 19.9 Å². The van der Waals surface area contributed by atoms with Gasteiger partial charge in [0.15, 0.2) is 0 Å². The maximum absolute atomic E-state index is 7.98. The van der Waals surface area contributed by atoms with E-state index in [2.05, 4.69) is 77.6 Å². The first-order chi connectivity index (χ1) is 30.0. The molecule has 0 aliphatic heterocycles. The van der Waals surface area contributed by atoms with E-state index < -0.39 is 0 Å². The van der Waals surface area contributed by atoms with Crippen LogP contribution < -0.4 is 9.47 Å². The molecule has 0 bridgehead atoms. The molecule has 9 nitrogen and oxygen atoms in total. The Morgan fingerprint density at radius 1 is 0.339 bits per heavy atom. The van der Waals surface area contributed by atoms with E-state index >= 15 is 0 Å². The highest BCUT2D eigenvalue weighted by Gasteiger charge is 2.19. The minimum absolute atomic E-state index is 0.357. The SMILES string of the molecule is [2H]c1ccc(-n2c3ccccc3c3ccc(Oc4ccc5c6ccc(Oc7ccc8c9ccccc9n(-c9ccc([2H])cn9)c8c7)cc6n(-c6ncccn6)c5c4)cc32)nc1. The molecule has 6 aromatic heterocycles. The first-order valence-corrected chi connectivity index (χ1v) is 19.2. The predicted octanol–water partition coefficient (Wildman–Crippen LogP) is 12.1. The maximum atomic E-state index is 7.98. The Morgan fingerprint density at radius 2 is 0.729 bits per heavy atom. The molecule has 278 valence electrons. The van der Waals surface area contributed by atoms with E-state index in [1.165, 1.54) is 0 Å². The van der Waals surface area contributed by atoms with Gasteiger partial charge in [-0.15, -0.1) is 0 Å². The summed E-state index contributed by atoms with van der Waals surface area (Å²) in [5, 5.41) is 6.39. The Labute approximate surface area is 339 Å². The molecule has 0 aliphatic rings. The zero-order valence-electron chi connectivity index (χ0n) is 33.2. The van der Waals surface area contributed by atoms with Crippen LogP contribution in [0.15, 0.2) is 189 Å². The number of rotatable bonds is 7. The van der Waals surface area contributed by atoms with Crippen molar-refractivity contribution in [3.05, 3.63) is 189 Å². The van der Waals surface area contributed by atoms with Gasteiger partial charge in [0.25, 0.3) is 0 Å². The van der Waals surface area contributed by atoms with E-state index in [1.54, 1.807) is 43.0 Å². The van der Waals surface area contributed by atoms with Crippen molar-refractivity contribution in [3.8, 4) is 40.6 Å². The van der Waals surface area contributed by atoms with Crippen LogP contribution in [-0.4, -0.2) is 33.6 Å². The van der Waals surface area contributed by atoms with Gasteiger partial charge in [0, 0.05) is 81.4 Å². The van der Waals surface area contributed by atoms with E-state index in [-0.39, 0.29) is 0 Å². The average Bonchev–Trinajstić information content (AvgIpc) is 3.92. The lowest BCUT2D eigenvalue weighted by Gasteiger charge is -2.10. The number of para-hydroxylation sites is 2. The van der Waals surface area contributed by atoms with Gasteiger partial charge in [-0.05, 0) is 90.9 Å². The van der Waals surface area contributed by atoms with Crippen LogP contribution in [0.2, 0.25) is 0 Å². The quantitative estimate of drug-likeness (QED) is 0.161. The lowest BCUT2D eigenvalue weighted by atomic mass is 10.1. The third-order valence-corrected chi connectivity index (χ3v) is 10.9. The first-order valence-electron chi connectivity index (χ1n) is 20.2. The molecular formula is C50H31N7O2. The smallest absolute Gasteiger partial charge is 0.234 e. The zero-order chi connectivity index (χ0) is 40.6. The molecule has 12 rings (SSSR count). The van der Waals surface area contributed by atoms with E-state index in [0.717, 1.165) is 77.1 Å². The molecule has 0 saturated carbocycles. The number of pyridine rings is 2. The Bertz CT molecular complexity index is 3450. The Hall–Kier alpha value is -8.30. The van der Waals surface area contributed by atoms with Crippen molar-refractivity contribution in [2.45, 2.75) is 0 Å². The van der Waals surface area contributed by atoms with Gasteiger partial charge in [0.2, 0.25) is 5.95 Å². The van der Waals surface area contributed by atoms with Crippen molar-refractivity contribution in [1.82, 2.24) is 33.6 Å². The van der Waals surface area contributed by atoms with Crippen LogP contribution >= 0.6 is 0 Å². The molecule has 0 fully saturated rings. The number of fused-ring (bicyclic) bond motifs is 9. The van der Waals surface area contributed by atoms with Gasteiger partial charge in [-0.2, -0.15) is 0 Å². The molecule has 0 N–H and O–H groups in total. The summed E-state index contributed by atoms with van der Waals surface area (Å²) in [5.41, 5.74) is 5.70. The average molecular weight is 764 g/mol. The third-order valence-electron chi connectivity index (χ3n) is 10.9. The second-order valence-electron chi connectivity index (χ2n) is 14.2. The molecule has 59 heavy (non-hydrogen) atoms. The van der Waals surface area contributed by atoms with Crippen molar-refractivity contribution in [2.24, 2.45) is 0 Å². The summed E-state index contributed by atoms with van der Waals surface area (Å²) in [4.78, 5) is 18.5. The summed E-state index contributed by atoms with van der Waals surface area (Å²) in [7, 11) is 0. The van der Waals surface area contributed by atoms with Crippen molar-refractivity contribution in [1.29, 1.82) is 0 Å². The van der Waals surface area contributed by atoms with Crippen molar-refractivity contribution in [2.75, 3.05) is 0 Å². The van der Waals surface area contributed by atoms with Crippen LogP contribution in [0.25, 0.3) is 83.0 Å². The molecular weight excluding hydrogens is 731 g/mol. The number of aromatic nitrogens is 7. The summed E-state index contributed by atoms with van der Waals surface area (Å²) < 4.78 is 35.5. The molecule has 6 heterocycles. The predicted molar refractivity (Wildman–Crippen MR) is 234 cm³/mol. The van der Waals surface area contributed by atoms with Crippen molar-refractivity contribution in [3.63, 3.8) is 0 Å². The Kier molecular flexibility index (Phi) is 6.88. The second kappa shape index (κ2) is 13.1. The number of hydrogen-bond acceptors (Lipinski definition) is 6. The zero-order valence-corrected chi connectivity index (χ0v) is 31.2. The summed E-state index contributed by atoms with van der Waals surface area (Å²) in [6.45, 7) is 0. The second-order valence-corrected chi connectivity index (χ2v) is 14.2. The Morgan fingerprint density at radius 3 is 1.14 bits per heavy atom. The van der Waals surface area contributed by atoms with Gasteiger partial charge in [0.1, 0.15) is 34.6 Å². The number of ether oxygens (including phenoxy) is 2. The molecule has 0 aliphatic carbocycles. The van der Waals surface area contributed by atoms with Gasteiger partial charge in [-0.3, -0.25) is 13.7 Å². The fourth-order valence-corrected chi connectivity index (χ4v) is 8.41. The lowest BCUT2D eigenvalue weighted by Crippen LogP contribution is -2.00. The standard InChI is InChI=1S/C50H31N7O2/c1-3-12-42-36(10-1)38-20-16-32(28-44(38)55(42)48-14-5-7-24-51-48)58-34-18-22-40-41-23-19-35(31-47(41)57(46(40)30-34)50-53-26-9-27-54-50)59-33-17-21-39-37-11-2-4-13-43(37)56(45(39)29-33)49-15-6-8-25-52-49/h1-31H/i7D,8D. The van der Waals surface area contributed by atoms with Crippen LogP contribution in [0.1, 0.15) is 2.74 Å². The molecule has 0 atom stereocenters. The molecule has 12 aromatic rings. The van der Waals surface area contributed by atoms with E-state index in [0.29, 0.717) is 41.0 Å². The fourth-order valence-electron chi connectivity index (χ4n) is 8.41. The molecule has 0 unspecified atom stereocenters. The topological polar surface area (TPSA) is 84.8 Å². The highest BCUT2D eigenvalue weighted by molar-refractivity contribution is 6.11. The third kappa shape index (κ3) is 5.33. The first kappa shape index (κ1) is 30.9. The summed E-state index contributed by atoms with van der Waals surface area (Å²) in [6, 6.07) is 50.6. The highest BCUT2D eigenvalue weighted by atomic mass is 16.5. The lowest BCUT2D eigenvalue weighted by molar-refractivity contribution is 0.484. The highest BCUT2D eigenvalue weighted by Crippen LogP contribution is 2.40. The molecule has 0 spiro atoms. The Balaban J connectivity index is 0.949. The van der Waals surface area contributed by atoms with Crippen LogP contribution in [0, 0.1) is 0 Å². The monoisotopic (exact) mass is 763 g/mol. The van der Waals surface area contributed by atoms with Crippen LogP contribution in [0.3, 0.4) is 0 Å². The van der Waals surface area contributed by atoms with E-state index in [9.17, 15) is 0 Å². The number of hydrogen-bond donors (Lipinski definition) is 0. The number of benzene rings is 6. The molecule has 6 aromatic carbocycles. The maximum Gasteiger partial charge on any atom is 0.234 e. The summed E-state index contributed by atoms with van der Waals surface area (Å²) >= 11 is 0. The van der Waals surface area contributed by atoms with Crippen molar-refractivity contribution < 1.29 is 12.2 Å². The number of nitrogens with zero attached hydrogens (tertiary/aromatic N) is 7. The van der Waals surface area contributed by atoms with Crippen LogP contribution in [0.5, 0.6) is 23.0 Å². The molecule has 0 saturated heterocycles. The fraction of sp³-hybridized carbons (Fsp3) is 0. The molecule has 0 radical (unpaired) electrons. The van der Waals surface area contributed by atoms with Gasteiger partial charge >= 0.3 is 0 Å². The summed E-state index contributed by atoms with van der Waals surface area (Å²) in [5.74, 6) is 4.62. The molecule has 0 amide bonds. The van der Waals surface area contributed by atoms with E-state index in [1.807, 2.05) is 89.5 Å². The molecule has 9 heteroatoms. The normalized spacial score (nSPS) is 12.2. The van der Waals surface area contributed by atoms with Gasteiger partial charge in [0.05, 0.1) is 35.8 Å². The minimum atomic E-state index is 0.357. The van der Waals surface area contributed by atoms with Gasteiger partial charge in [-0.1, -0.05) is 48.5 Å². The van der Waals surface area contributed by atoms with Gasteiger partial charge < -0.3 is 9.47 Å². The van der Waals surface area contributed by atoms with Crippen molar-refractivity contribution >= 4 is 65.4 Å². The van der Waals surface area contributed by atoms with Crippen LogP contribution in [-0.2, 0) is 0 Å². The van der Waals surface area contributed by atoms with Crippen LogP contribution in [0.4, 0.5) is 0 Å². The minimum Gasteiger partial charge on any atom is -0.457 e.